The third-order valence-electron chi connectivity index (χ3n) is 5.87. The molecule has 0 bridgehead atoms. The number of benzene rings is 2. The van der Waals surface area contributed by atoms with Crippen LogP contribution in [0.3, 0.4) is 0 Å². The fourth-order valence-electron chi connectivity index (χ4n) is 4.07. The Kier molecular flexibility index (Phi) is 7.67. The molecule has 2 heterocycles. The van der Waals surface area contributed by atoms with E-state index in [9.17, 15) is 14.0 Å². The molecule has 0 saturated carbocycles. The number of aryl methyl sites for hydroxylation is 1. The first-order valence-electron chi connectivity index (χ1n) is 11.5. The van der Waals surface area contributed by atoms with Gasteiger partial charge in [0.25, 0.3) is 5.91 Å². The quantitative estimate of drug-likeness (QED) is 0.506. The zero-order valence-electron chi connectivity index (χ0n) is 18.6. The predicted octanol–water partition coefficient (Wildman–Crippen LogP) is 3.18. The zero-order valence-corrected chi connectivity index (χ0v) is 18.6. The minimum atomic E-state index is -0.513. The van der Waals surface area contributed by atoms with E-state index in [2.05, 4.69) is 5.32 Å². The molecular weight excluding hydrogens is 423 g/mol. The van der Waals surface area contributed by atoms with Crippen molar-refractivity contribution in [3.63, 3.8) is 0 Å². The van der Waals surface area contributed by atoms with Gasteiger partial charge in [-0.15, -0.1) is 0 Å². The number of morpholine rings is 1. The zero-order chi connectivity index (χ0) is 23.0. The second kappa shape index (κ2) is 11.0. The van der Waals surface area contributed by atoms with E-state index >= 15 is 0 Å². The van der Waals surface area contributed by atoms with Gasteiger partial charge in [0.1, 0.15) is 18.2 Å². The van der Waals surface area contributed by atoms with Gasteiger partial charge in [-0.05, 0) is 37.1 Å². The van der Waals surface area contributed by atoms with Crippen molar-refractivity contribution in [1.29, 1.82) is 0 Å². The highest BCUT2D eigenvalue weighted by Crippen LogP contribution is 2.18. The molecule has 2 aromatic carbocycles. The van der Waals surface area contributed by atoms with Gasteiger partial charge in [0.05, 0.1) is 29.8 Å². The molecule has 0 aliphatic carbocycles. The van der Waals surface area contributed by atoms with Gasteiger partial charge in [0, 0.05) is 26.1 Å². The molecule has 174 valence electrons. The van der Waals surface area contributed by atoms with Gasteiger partial charge in [0.2, 0.25) is 5.91 Å². The standard InChI is InChI=1S/C25H29FN4O3/c26-20-9-4-3-8-19(20)25(32)27-13-7-1-2-12-23-28-21-10-5-6-11-22(21)30(23)18-24(31)29-14-16-33-17-15-29/h3-6,8-11H,1-2,7,12-18H2,(H,27,32). The molecule has 0 unspecified atom stereocenters. The number of fused-ring (bicyclic) bond motifs is 1. The second-order valence-electron chi connectivity index (χ2n) is 8.14. The molecule has 1 aromatic heterocycles. The first kappa shape index (κ1) is 22.9. The molecule has 1 fully saturated rings. The number of nitrogens with one attached hydrogen (secondary N) is 1. The molecule has 33 heavy (non-hydrogen) atoms. The van der Waals surface area contributed by atoms with Crippen molar-refractivity contribution in [3.8, 4) is 0 Å². The van der Waals surface area contributed by atoms with Gasteiger partial charge in [-0.2, -0.15) is 0 Å². The first-order valence-corrected chi connectivity index (χ1v) is 11.5. The van der Waals surface area contributed by atoms with Gasteiger partial charge < -0.3 is 19.5 Å². The van der Waals surface area contributed by atoms with Gasteiger partial charge in [-0.25, -0.2) is 9.37 Å². The Morgan fingerprint density at radius 1 is 1.00 bits per heavy atom. The van der Waals surface area contributed by atoms with Crippen LogP contribution >= 0.6 is 0 Å². The van der Waals surface area contributed by atoms with Crippen LogP contribution < -0.4 is 5.32 Å². The molecule has 8 heteroatoms. The highest BCUT2D eigenvalue weighted by atomic mass is 19.1. The lowest BCUT2D eigenvalue weighted by Gasteiger charge is -2.27. The van der Waals surface area contributed by atoms with Gasteiger partial charge in [-0.3, -0.25) is 9.59 Å². The molecule has 4 rings (SSSR count). The third kappa shape index (κ3) is 5.76. The summed E-state index contributed by atoms with van der Waals surface area (Å²) in [6, 6.07) is 13.8. The summed E-state index contributed by atoms with van der Waals surface area (Å²) >= 11 is 0. The topological polar surface area (TPSA) is 76.5 Å². The Morgan fingerprint density at radius 2 is 1.76 bits per heavy atom. The monoisotopic (exact) mass is 452 g/mol. The fraction of sp³-hybridized carbons (Fsp3) is 0.400. The van der Waals surface area contributed by atoms with E-state index in [-0.39, 0.29) is 18.0 Å². The Bertz CT molecular complexity index is 1110. The lowest BCUT2D eigenvalue weighted by atomic mass is 10.1. The van der Waals surface area contributed by atoms with Crippen molar-refractivity contribution >= 4 is 22.8 Å². The summed E-state index contributed by atoms with van der Waals surface area (Å²) < 4.78 is 21.1. The van der Waals surface area contributed by atoms with E-state index in [0.29, 0.717) is 32.8 Å². The van der Waals surface area contributed by atoms with Gasteiger partial charge in [0.15, 0.2) is 0 Å². The van der Waals surface area contributed by atoms with Crippen LogP contribution in [0.2, 0.25) is 0 Å². The maximum Gasteiger partial charge on any atom is 0.254 e. The number of hydrogen-bond acceptors (Lipinski definition) is 4. The lowest BCUT2D eigenvalue weighted by molar-refractivity contribution is -0.135. The van der Waals surface area contributed by atoms with Crippen molar-refractivity contribution in [2.45, 2.75) is 32.2 Å². The maximum absolute atomic E-state index is 13.7. The van der Waals surface area contributed by atoms with Crippen LogP contribution in [0.15, 0.2) is 48.5 Å². The van der Waals surface area contributed by atoms with Crippen molar-refractivity contribution < 1.29 is 18.7 Å². The summed E-state index contributed by atoms with van der Waals surface area (Å²) in [6.45, 7) is 3.17. The highest BCUT2D eigenvalue weighted by molar-refractivity contribution is 5.94. The SMILES string of the molecule is O=C(NCCCCCc1nc2ccccc2n1CC(=O)N1CCOCC1)c1ccccc1F. The Hall–Kier alpha value is -3.26. The number of hydrogen-bond donors (Lipinski definition) is 1. The van der Waals surface area contributed by atoms with E-state index in [1.165, 1.54) is 12.1 Å². The molecule has 3 aromatic rings. The van der Waals surface area contributed by atoms with Crippen LogP contribution in [-0.4, -0.2) is 59.1 Å². The molecule has 2 amide bonds. The average molecular weight is 453 g/mol. The average Bonchev–Trinajstić information content (AvgIpc) is 3.19. The van der Waals surface area contributed by atoms with Crippen LogP contribution in [0.1, 0.15) is 35.4 Å². The van der Waals surface area contributed by atoms with Crippen LogP contribution in [0.25, 0.3) is 11.0 Å². The van der Waals surface area contributed by atoms with Gasteiger partial charge >= 0.3 is 0 Å². The number of amides is 2. The van der Waals surface area contributed by atoms with Crippen molar-refractivity contribution in [2.24, 2.45) is 0 Å². The third-order valence-corrected chi connectivity index (χ3v) is 5.87. The minimum Gasteiger partial charge on any atom is -0.378 e. The summed E-state index contributed by atoms with van der Waals surface area (Å²) in [7, 11) is 0. The molecule has 1 N–H and O–H groups in total. The number of nitrogens with zero attached hydrogens (tertiary/aromatic N) is 3. The summed E-state index contributed by atoms with van der Waals surface area (Å²) in [6.07, 6.45) is 3.29. The number of carbonyl (C=O) groups excluding carboxylic acids is 2. The van der Waals surface area contributed by atoms with Crippen LogP contribution in [0, 0.1) is 5.82 Å². The maximum atomic E-state index is 13.7. The second-order valence-corrected chi connectivity index (χ2v) is 8.14. The number of unbranched alkanes of at least 4 members (excludes halogenated alkanes) is 2. The van der Waals surface area contributed by atoms with Crippen molar-refractivity contribution in [2.75, 3.05) is 32.8 Å². The van der Waals surface area contributed by atoms with E-state index in [1.807, 2.05) is 33.7 Å². The smallest absolute Gasteiger partial charge is 0.254 e. The number of halogens is 1. The molecule has 1 aliphatic heterocycles. The van der Waals surface area contributed by atoms with Gasteiger partial charge in [-0.1, -0.05) is 30.7 Å². The number of rotatable bonds is 9. The molecule has 0 radical (unpaired) electrons. The lowest BCUT2D eigenvalue weighted by Crippen LogP contribution is -2.42. The van der Waals surface area contributed by atoms with Crippen LogP contribution in [0.4, 0.5) is 4.39 Å². The number of aromatic nitrogens is 2. The summed E-state index contributed by atoms with van der Waals surface area (Å²) in [4.78, 5) is 31.5. The van der Waals surface area contributed by atoms with Crippen LogP contribution in [-0.2, 0) is 22.5 Å². The van der Waals surface area contributed by atoms with E-state index in [1.54, 1.807) is 12.1 Å². The number of carbonyl (C=O) groups is 2. The molecule has 1 aliphatic rings. The Morgan fingerprint density at radius 3 is 2.58 bits per heavy atom. The Labute approximate surface area is 192 Å². The molecule has 7 nitrogen and oxygen atoms in total. The summed E-state index contributed by atoms with van der Waals surface area (Å²) in [5, 5.41) is 2.77. The molecular formula is C25H29FN4O3. The first-order chi connectivity index (χ1) is 16.1. The predicted molar refractivity (Wildman–Crippen MR) is 123 cm³/mol. The minimum absolute atomic E-state index is 0.0659. The molecule has 1 saturated heterocycles. The van der Waals surface area contributed by atoms with E-state index in [4.69, 9.17) is 9.72 Å². The highest BCUT2D eigenvalue weighted by Gasteiger charge is 2.20. The van der Waals surface area contributed by atoms with Crippen molar-refractivity contribution in [3.05, 3.63) is 65.7 Å². The largest absolute Gasteiger partial charge is 0.378 e. The molecule has 0 atom stereocenters. The summed E-state index contributed by atoms with van der Waals surface area (Å²) in [5.41, 5.74) is 1.92. The summed E-state index contributed by atoms with van der Waals surface area (Å²) in [5.74, 6) is 0.0730. The van der Waals surface area contributed by atoms with E-state index < -0.39 is 11.7 Å². The Balaban J connectivity index is 1.30. The van der Waals surface area contributed by atoms with Crippen LogP contribution in [0.5, 0.6) is 0 Å². The normalized spacial score (nSPS) is 13.9. The number of imidazole rings is 1. The fourth-order valence-corrected chi connectivity index (χ4v) is 4.07. The molecule has 0 spiro atoms. The number of ether oxygens (including phenoxy) is 1. The van der Waals surface area contributed by atoms with Crippen molar-refractivity contribution in [1.82, 2.24) is 19.8 Å². The van der Waals surface area contributed by atoms with E-state index in [0.717, 1.165) is 42.5 Å². The number of para-hydroxylation sites is 2.